The zero-order chi connectivity index (χ0) is 13.8. The smallest absolute Gasteiger partial charge is 0.0295 e. The molecule has 0 amide bonds. The van der Waals surface area contributed by atoms with Crippen LogP contribution >= 0.6 is 12.4 Å². The van der Waals surface area contributed by atoms with Gasteiger partial charge in [-0.05, 0) is 67.1 Å². The van der Waals surface area contributed by atoms with Crippen molar-refractivity contribution < 1.29 is 0 Å². The van der Waals surface area contributed by atoms with Gasteiger partial charge in [0.1, 0.15) is 0 Å². The summed E-state index contributed by atoms with van der Waals surface area (Å²) in [6, 6.07) is 15.3. The summed E-state index contributed by atoms with van der Waals surface area (Å²) < 4.78 is 0. The SMILES string of the molecule is Cl.NC(CCC1CCNCC1)c1ccc2ccccc2c1. The maximum absolute atomic E-state index is 6.39. The van der Waals surface area contributed by atoms with Gasteiger partial charge in [-0.1, -0.05) is 36.4 Å². The first-order valence-electron chi connectivity index (χ1n) is 7.78. The molecule has 2 aromatic carbocycles. The van der Waals surface area contributed by atoms with Crippen molar-refractivity contribution in [1.29, 1.82) is 0 Å². The maximum atomic E-state index is 6.39. The molecule has 1 saturated heterocycles. The Labute approximate surface area is 133 Å². The van der Waals surface area contributed by atoms with E-state index in [1.54, 1.807) is 0 Å². The molecular formula is C18H25ClN2. The molecule has 0 aliphatic carbocycles. The minimum atomic E-state index is 0. The molecule has 0 bridgehead atoms. The zero-order valence-corrected chi connectivity index (χ0v) is 13.2. The van der Waals surface area contributed by atoms with Gasteiger partial charge in [-0.15, -0.1) is 12.4 Å². The normalized spacial score (nSPS) is 17.4. The second-order valence-corrected chi connectivity index (χ2v) is 5.98. The predicted molar refractivity (Wildman–Crippen MR) is 93.0 cm³/mol. The number of hydrogen-bond acceptors (Lipinski definition) is 2. The molecule has 2 aromatic rings. The molecule has 1 aliphatic heterocycles. The van der Waals surface area contributed by atoms with Gasteiger partial charge in [0.05, 0.1) is 0 Å². The van der Waals surface area contributed by atoms with E-state index in [2.05, 4.69) is 47.8 Å². The Morgan fingerprint density at radius 2 is 1.76 bits per heavy atom. The van der Waals surface area contributed by atoms with E-state index in [9.17, 15) is 0 Å². The molecule has 1 fully saturated rings. The van der Waals surface area contributed by atoms with E-state index in [1.807, 2.05) is 0 Å². The van der Waals surface area contributed by atoms with Gasteiger partial charge in [-0.25, -0.2) is 0 Å². The van der Waals surface area contributed by atoms with Crippen molar-refractivity contribution in [1.82, 2.24) is 5.32 Å². The first kappa shape index (κ1) is 16.3. The van der Waals surface area contributed by atoms with Crippen LogP contribution in [-0.4, -0.2) is 13.1 Å². The van der Waals surface area contributed by atoms with E-state index < -0.39 is 0 Å². The highest BCUT2D eigenvalue weighted by molar-refractivity contribution is 5.85. The van der Waals surface area contributed by atoms with Gasteiger partial charge in [0.2, 0.25) is 0 Å². The van der Waals surface area contributed by atoms with Crippen LogP contribution in [0.25, 0.3) is 10.8 Å². The fraction of sp³-hybridized carbons (Fsp3) is 0.444. The van der Waals surface area contributed by atoms with Crippen LogP contribution in [0.2, 0.25) is 0 Å². The van der Waals surface area contributed by atoms with E-state index in [0.29, 0.717) is 0 Å². The van der Waals surface area contributed by atoms with Crippen molar-refractivity contribution in [3.05, 3.63) is 48.0 Å². The second-order valence-electron chi connectivity index (χ2n) is 5.98. The lowest BCUT2D eigenvalue weighted by atomic mass is 9.89. The number of rotatable bonds is 4. The van der Waals surface area contributed by atoms with Crippen LogP contribution in [-0.2, 0) is 0 Å². The van der Waals surface area contributed by atoms with Crippen molar-refractivity contribution in [2.45, 2.75) is 31.7 Å². The summed E-state index contributed by atoms with van der Waals surface area (Å²) in [5.74, 6) is 0.864. The van der Waals surface area contributed by atoms with Crippen LogP contribution in [0.1, 0.15) is 37.3 Å². The van der Waals surface area contributed by atoms with Crippen molar-refractivity contribution in [2.75, 3.05) is 13.1 Å². The molecule has 1 atom stereocenters. The number of nitrogens with two attached hydrogens (primary N) is 1. The summed E-state index contributed by atoms with van der Waals surface area (Å²) in [5.41, 5.74) is 7.66. The van der Waals surface area contributed by atoms with Crippen LogP contribution in [0.4, 0.5) is 0 Å². The molecule has 21 heavy (non-hydrogen) atoms. The number of halogens is 1. The topological polar surface area (TPSA) is 38.0 Å². The van der Waals surface area contributed by atoms with Crippen molar-refractivity contribution in [3.63, 3.8) is 0 Å². The monoisotopic (exact) mass is 304 g/mol. The Morgan fingerprint density at radius 1 is 1.05 bits per heavy atom. The number of fused-ring (bicyclic) bond motifs is 1. The zero-order valence-electron chi connectivity index (χ0n) is 12.4. The summed E-state index contributed by atoms with van der Waals surface area (Å²) in [5, 5.41) is 6.01. The van der Waals surface area contributed by atoms with Gasteiger partial charge in [0, 0.05) is 6.04 Å². The van der Waals surface area contributed by atoms with Gasteiger partial charge < -0.3 is 11.1 Å². The van der Waals surface area contributed by atoms with Crippen LogP contribution in [0.5, 0.6) is 0 Å². The van der Waals surface area contributed by atoms with Crippen LogP contribution < -0.4 is 11.1 Å². The van der Waals surface area contributed by atoms with Crippen LogP contribution in [0.3, 0.4) is 0 Å². The average Bonchev–Trinajstić information content (AvgIpc) is 2.53. The van der Waals surface area contributed by atoms with E-state index in [-0.39, 0.29) is 18.4 Å². The Kier molecular flexibility index (Phi) is 6.04. The molecule has 0 radical (unpaired) electrons. The highest BCUT2D eigenvalue weighted by atomic mass is 35.5. The summed E-state index contributed by atoms with van der Waals surface area (Å²) in [7, 11) is 0. The molecular weight excluding hydrogens is 280 g/mol. The summed E-state index contributed by atoms with van der Waals surface area (Å²) in [6.45, 7) is 2.35. The molecule has 0 spiro atoms. The first-order chi connectivity index (χ1) is 9.83. The van der Waals surface area contributed by atoms with E-state index in [0.717, 1.165) is 12.3 Å². The van der Waals surface area contributed by atoms with Crippen molar-refractivity contribution in [2.24, 2.45) is 11.7 Å². The summed E-state index contributed by atoms with van der Waals surface area (Å²) >= 11 is 0. The lowest BCUT2D eigenvalue weighted by molar-refractivity contribution is 0.338. The average molecular weight is 305 g/mol. The second kappa shape index (κ2) is 7.79. The lowest BCUT2D eigenvalue weighted by Crippen LogP contribution is -2.28. The van der Waals surface area contributed by atoms with Gasteiger partial charge >= 0.3 is 0 Å². The third-order valence-electron chi connectivity index (χ3n) is 4.55. The molecule has 3 N–H and O–H groups in total. The third kappa shape index (κ3) is 4.19. The Balaban J connectivity index is 0.00000161. The first-order valence-corrected chi connectivity index (χ1v) is 7.78. The molecule has 3 rings (SSSR count). The molecule has 1 aliphatic rings. The van der Waals surface area contributed by atoms with Crippen LogP contribution in [0.15, 0.2) is 42.5 Å². The summed E-state index contributed by atoms with van der Waals surface area (Å²) in [4.78, 5) is 0. The standard InChI is InChI=1S/C18H24N2.ClH/c19-18(8-5-14-9-11-20-12-10-14)17-7-6-15-3-1-2-4-16(15)13-17;/h1-4,6-7,13-14,18,20H,5,8-12,19H2;1H. The van der Waals surface area contributed by atoms with Gasteiger partial charge in [0.25, 0.3) is 0 Å². The van der Waals surface area contributed by atoms with Crippen LogP contribution in [0, 0.1) is 5.92 Å². The van der Waals surface area contributed by atoms with Crippen molar-refractivity contribution >= 4 is 23.2 Å². The maximum Gasteiger partial charge on any atom is 0.0295 e. The van der Waals surface area contributed by atoms with E-state index in [1.165, 1.54) is 48.7 Å². The largest absolute Gasteiger partial charge is 0.324 e. The Bertz CT molecular complexity index is 564. The molecule has 114 valence electrons. The highest BCUT2D eigenvalue weighted by Crippen LogP contribution is 2.25. The Hall–Kier alpha value is -1.09. The molecule has 1 unspecified atom stereocenters. The number of piperidine rings is 1. The number of benzene rings is 2. The predicted octanol–water partition coefficient (Wildman–Crippen LogP) is 4.04. The minimum Gasteiger partial charge on any atom is -0.324 e. The summed E-state index contributed by atoms with van der Waals surface area (Å²) in [6.07, 6.45) is 4.98. The molecule has 1 heterocycles. The lowest BCUT2D eigenvalue weighted by Gasteiger charge is -2.24. The van der Waals surface area contributed by atoms with Gasteiger partial charge in [0.15, 0.2) is 0 Å². The van der Waals surface area contributed by atoms with E-state index >= 15 is 0 Å². The molecule has 3 heteroatoms. The number of nitrogens with one attached hydrogen (secondary N) is 1. The number of hydrogen-bond donors (Lipinski definition) is 2. The third-order valence-corrected chi connectivity index (χ3v) is 4.55. The molecule has 0 aromatic heterocycles. The highest BCUT2D eigenvalue weighted by Gasteiger charge is 2.15. The fourth-order valence-corrected chi connectivity index (χ4v) is 3.19. The quantitative estimate of drug-likeness (QED) is 0.894. The van der Waals surface area contributed by atoms with Crippen molar-refractivity contribution in [3.8, 4) is 0 Å². The van der Waals surface area contributed by atoms with Gasteiger partial charge in [-0.2, -0.15) is 0 Å². The van der Waals surface area contributed by atoms with E-state index in [4.69, 9.17) is 5.73 Å². The van der Waals surface area contributed by atoms with Gasteiger partial charge in [-0.3, -0.25) is 0 Å². The minimum absolute atomic E-state index is 0. The fourth-order valence-electron chi connectivity index (χ4n) is 3.19. The molecule has 0 saturated carbocycles. The molecule has 2 nitrogen and oxygen atoms in total. The Morgan fingerprint density at radius 3 is 2.52 bits per heavy atom.